The molecule has 0 aromatic rings. The first-order valence-corrected chi connectivity index (χ1v) is 6.90. The largest absolute Gasteiger partial charge is 0.462 e. The molecular formula is C14H26O5. The van der Waals surface area contributed by atoms with Crippen LogP contribution in [0.5, 0.6) is 0 Å². The van der Waals surface area contributed by atoms with Gasteiger partial charge in [-0.15, -0.1) is 0 Å². The van der Waals surface area contributed by atoms with E-state index >= 15 is 0 Å². The van der Waals surface area contributed by atoms with Gasteiger partial charge in [-0.3, -0.25) is 9.59 Å². The van der Waals surface area contributed by atoms with Crippen molar-refractivity contribution in [2.75, 3.05) is 6.61 Å². The Morgan fingerprint density at radius 1 is 0.895 bits per heavy atom. The smallest absolute Gasteiger partial charge is 0.320 e. The molecule has 0 unspecified atom stereocenters. The van der Waals surface area contributed by atoms with Crippen LogP contribution in [0.1, 0.15) is 53.4 Å². The predicted molar refractivity (Wildman–Crippen MR) is 71.5 cm³/mol. The normalized spacial score (nSPS) is 11.2. The summed E-state index contributed by atoms with van der Waals surface area (Å²) in [5, 5.41) is 8.70. The molecule has 0 aromatic carbocycles. The fourth-order valence-electron chi connectivity index (χ4n) is 1.60. The third-order valence-electron chi connectivity index (χ3n) is 2.42. The summed E-state index contributed by atoms with van der Waals surface area (Å²) in [6, 6.07) is 0. The molecule has 0 spiro atoms. The van der Waals surface area contributed by atoms with E-state index in [4.69, 9.17) is 14.6 Å². The molecule has 5 nitrogen and oxygen atoms in total. The lowest BCUT2D eigenvalue weighted by molar-refractivity contribution is -0.166. The minimum atomic E-state index is -0.858. The topological polar surface area (TPSA) is 72.8 Å². The Morgan fingerprint density at radius 2 is 1.37 bits per heavy atom. The van der Waals surface area contributed by atoms with Crippen molar-refractivity contribution in [1.82, 2.24) is 0 Å². The van der Waals surface area contributed by atoms with Gasteiger partial charge < -0.3 is 14.6 Å². The van der Waals surface area contributed by atoms with Crippen molar-refractivity contribution < 1.29 is 24.2 Å². The van der Waals surface area contributed by atoms with Gasteiger partial charge in [0.15, 0.2) is 5.92 Å². The molecule has 0 aliphatic heterocycles. The molecular weight excluding hydrogens is 248 g/mol. The number of unbranched alkanes of at least 4 members (excludes halogenated alkanes) is 2. The number of ether oxygens (including phenoxy) is 2. The van der Waals surface area contributed by atoms with E-state index in [0.29, 0.717) is 19.3 Å². The van der Waals surface area contributed by atoms with Crippen LogP contribution in [0.25, 0.3) is 0 Å². The number of carbonyl (C=O) groups is 2. The number of rotatable bonds is 9. The van der Waals surface area contributed by atoms with Gasteiger partial charge in [0, 0.05) is 6.61 Å². The summed E-state index contributed by atoms with van der Waals surface area (Å²) in [7, 11) is 0. The second-order valence-corrected chi connectivity index (χ2v) is 5.10. The maximum Gasteiger partial charge on any atom is 0.320 e. The molecule has 5 heteroatoms. The van der Waals surface area contributed by atoms with Gasteiger partial charge in [-0.1, -0.05) is 12.8 Å². The minimum absolute atomic E-state index is 0.123. The minimum Gasteiger partial charge on any atom is -0.462 e. The molecule has 0 aliphatic rings. The molecule has 0 aliphatic carbocycles. The third-order valence-corrected chi connectivity index (χ3v) is 2.42. The van der Waals surface area contributed by atoms with Crippen LogP contribution in [0, 0.1) is 5.92 Å². The average Bonchev–Trinajstić information content (AvgIpc) is 2.26. The molecule has 0 heterocycles. The van der Waals surface area contributed by atoms with Crippen molar-refractivity contribution in [2.24, 2.45) is 5.92 Å². The number of hydrogen-bond acceptors (Lipinski definition) is 5. The number of aliphatic hydroxyl groups is 1. The van der Waals surface area contributed by atoms with E-state index in [-0.39, 0.29) is 18.8 Å². The molecule has 0 fully saturated rings. The molecule has 19 heavy (non-hydrogen) atoms. The maximum absolute atomic E-state index is 11.9. The Bertz CT molecular complexity index is 251. The molecule has 0 bridgehead atoms. The summed E-state index contributed by atoms with van der Waals surface area (Å²) in [6.45, 7) is 7.10. The summed E-state index contributed by atoms with van der Waals surface area (Å²) in [5.74, 6) is -1.90. The van der Waals surface area contributed by atoms with Crippen molar-refractivity contribution in [3.8, 4) is 0 Å². The lowest BCUT2D eigenvalue weighted by atomic mass is 10.0. The van der Waals surface area contributed by atoms with E-state index in [1.165, 1.54) is 0 Å². The van der Waals surface area contributed by atoms with Crippen LogP contribution in [0.2, 0.25) is 0 Å². The third kappa shape index (κ3) is 8.59. The highest BCUT2D eigenvalue weighted by molar-refractivity contribution is 5.95. The Morgan fingerprint density at radius 3 is 1.74 bits per heavy atom. The zero-order chi connectivity index (χ0) is 14.8. The van der Waals surface area contributed by atoms with E-state index < -0.39 is 17.9 Å². The lowest BCUT2D eigenvalue weighted by Crippen LogP contribution is -2.31. The lowest BCUT2D eigenvalue weighted by Gasteiger charge is -2.18. The molecule has 0 aromatic heterocycles. The van der Waals surface area contributed by atoms with Gasteiger partial charge in [0.2, 0.25) is 0 Å². The van der Waals surface area contributed by atoms with E-state index in [2.05, 4.69) is 0 Å². The Hall–Kier alpha value is -1.10. The zero-order valence-electron chi connectivity index (χ0n) is 12.3. The van der Waals surface area contributed by atoms with Crippen LogP contribution < -0.4 is 0 Å². The summed E-state index contributed by atoms with van der Waals surface area (Å²) in [4.78, 5) is 23.7. The van der Waals surface area contributed by atoms with E-state index in [9.17, 15) is 9.59 Å². The summed E-state index contributed by atoms with van der Waals surface area (Å²) in [5.41, 5.74) is 0. The summed E-state index contributed by atoms with van der Waals surface area (Å²) < 4.78 is 10.2. The van der Waals surface area contributed by atoms with Gasteiger partial charge in [-0.05, 0) is 40.5 Å². The van der Waals surface area contributed by atoms with Crippen molar-refractivity contribution in [3.05, 3.63) is 0 Å². The highest BCUT2D eigenvalue weighted by Gasteiger charge is 2.30. The van der Waals surface area contributed by atoms with Crippen LogP contribution in [0.15, 0.2) is 0 Å². The number of esters is 2. The van der Waals surface area contributed by atoms with Gasteiger partial charge in [0.1, 0.15) is 0 Å². The predicted octanol–water partition coefficient (Wildman–Crippen LogP) is 2.06. The average molecular weight is 274 g/mol. The number of hydrogen-bond donors (Lipinski definition) is 1. The SMILES string of the molecule is CC(C)OC(=O)C(CCCCCO)C(=O)OC(C)C. The standard InChI is InChI=1S/C14H26O5/c1-10(2)18-13(16)12(8-6-5-7-9-15)14(17)19-11(3)4/h10-12,15H,5-9H2,1-4H3. The monoisotopic (exact) mass is 274 g/mol. The highest BCUT2D eigenvalue weighted by Crippen LogP contribution is 2.16. The van der Waals surface area contributed by atoms with Gasteiger partial charge in [-0.2, -0.15) is 0 Å². The van der Waals surface area contributed by atoms with Gasteiger partial charge in [0.05, 0.1) is 12.2 Å². The Labute approximate surface area is 115 Å². The van der Waals surface area contributed by atoms with E-state index in [0.717, 1.165) is 6.42 Å². The van der Waals surface area contributed by atoms with Crippen LogP contribution >= 0.6 is 0 Å². The highest BCUT2D eigenvalue weighted by atomic mass is 16.6. The van der Waals surface area contributed by atoms with E-state index in [1.54, 1.807) is 27.7 Å². The fraction of sp³-hybridized carbons (Fsp3) is 0.857. The zero-order valence-corrected chi connectivity index (χ0v) is 12.3. The first-order chi connectivity index (χ1) is 8.88. The first kappa shape index (κ1) is 17.9. The second-order valence-electron chi connectivity index (χ2n) is 5.10. The van der Waals surface area contributed by atoms with Crippen LogP contribution in [-0.2, 0) is 19.1 Å². The molecule has 0 atom stereocenters. The molecule has 0 radical (unpaired) electrons. The number of carbonyl (C=O) groups excluding carboxylic acids is 2. The molecule has 0 amide bonds. The van der Waals surface area contributed by atoms with Gasteiger partial charge >= 0.3 is 11.9 Å². The molecule has 112 valence electrons. The molecule has 0 rings (SSSR count). The first-order valence-electron chi connectivity index (χ1n) is 6.90. The van der Waals surface area contributed by atoms with Crippen molar-refractivity contribution in [2.45, 2.75) is 65.6 Å². The number of aliphatic hydroxyl groups excluding tert-OH is 1. The van der Waals surface area contributed by atoms with Crippen LogP contribution in [0.4, 0.5) is 0 Å². The van der Waals surface area contributed by atoms with Crippen LogP contribution in [0.3, 0.4) is 0 Å². The van der Waals surface area contributed by atoms with Crippen molar-refractivity contribution in [3.63, 3.8) is 0 Å². The van der Waals surface area contributed by atoms with Crippen molar-refractivity contribution in [1.29, 1.82) is 0 Å². The van der Waals surface area contributed by atoms with E-state index in [1.807, 2.05) is 0 Å². The molecule has 0 saturated heterocycles. The Kier molecular flexibility index (Phi) is 9.21. The summed E-state index contributed by atoms with van der Waals surface area (Å²) >= 11 is 0. The van der Waals surface area contributed by atoms with Crippen molar-refractivity contribution >= 4 is 11.9 Å². The molecule has 0 saturated carbocycles. The van der Waals surface area contributed by atoms with Crippen LogP contribution in [-0.4, -0.2) is 35.9 Å². The second kappa shape index (κ2) is 9.78. The molecule has 1 N–H and O–H groups in total. The quantitative estimate of drug-likeness (QED) is 0.396. The maximum atomic E-state index is 11.9. The van der Waals surface area contributed by atoms with Gasteiger partial charge in [0.25, 0.3) is 0 Å². The fourth-order valence-corrected chi connectivity index (χ4v) is 1.60. The Balaban J connectivity index is 4.45. The van der Waals surface area contributed by atoms with Gasteiger partial charge in [-0.25, -0.2) is 0 Å². The summed E-state index contributed by atoms with van der Waals surface area (Å²) in [6.07, 6.45) is 2.03.